The maximum Gasteiger partial charge on any atom is 0.251 e. The number of carbonyl (C=O) groups is 2. The second-order valence-corrected chi connectivity index (χ2v) is 8.16. The standard InChI is InChI=1S/C24H26N4O4/c29-23(25-10-4-7-17-5-2-1-3-6-17)15-27-11-12-28-20(24(27)30)14-19(26-28)18-8-9-21-22(13-18)32-16-31-21/h1-3,5-6,8-9,11-13,19-20,26H,4,7,10,14-16H2,(H,25,29). The SMILES string of the molecule is O=C(CN1C=CN2NC(c3ccc4c(c3)OCO4)CC2C1=O)NCCCc1ccccc1. The molecule has 0 radical (unpaired) electrons. The lowest BCUT2D eigenvalue weighted by Crippen LogP contribution is -2.50. The molecule has 166 valence electrons. The Morgan fingerprint density at radius 1 is 1.09 bits per heavy atom. The topological polar surface area (TPSA) is 83.1 Å². The van der Waals surface area contributed by atoms with E-state index in [9.17, 15) is 9.59 Å². The quantitative estimate of drug-likeness (QED) is 0.650. The van der Waals surface area contributed by atoms with E-state index in [1.165, 1.54) is 10.5 Å². The molecule has 2 atom stereocenters. The van der Waals surface area contributed by atoms with Gasteiger partial charge in [0.1, 0.15) is 12.6 Å². The third-order valence-electron chi connectivity index (χ3n) is 6.00. The fraction of sp³-hybridized carbons (Fsp3) is 0.333. The summed E-state index contributed by atoms with van der Waals surface area (Å²) in [6.45, 7) is 0.846. The number of nitrogens with one attached hydrogen (secondary N) is 2. The Kier molecular flexibility index (Phi) is 5.68. The lowest BCUT2D eigenvalue weighted by molar-refractivity contribution is -0.138. The largest absolute Gasteiger partial charge is 0.454 e. The molecule has 5 rings (SSSR count). The molecule has 3 aliphatic heterocycles. The third kappa shape index (κ3) is 4.27. The summed E-state index contributed by atoms with van der Waals surface area (Å²) in [7, 11) is 0. The van der Waals surface area contributed by atoms with Gasteiger partial charge >= 0.3 is 0 Å². The molecule has 0 saturated carbocycles. The van der Waals surface area contributed by atoms with Crippen LogP contribution in [0.15, 0.2) is 60.9 Å². The molecule has 0 spiro atoms. The first kappa shape index (κ1) is 20.4. The van der Waals surface area contributed by atoms with E-state index < -0.39 is 0 Å². The highest BCUT2D eigenvalue weighted by Crippen LogP contribution is 2.37. The van der Waals surface area contributed by atoms with E-state index >= 15 is 0 Å². The van der Waals surface area contributed by atoms with Gasteiger partial charge in [-0.05, 0) is 42.5 Å². The summed E-state index contributed by atoms with van der Waals surface area (Å²) in [5.74, 6) is 1.23. The van der Waals surface area contributed by atoms with Crippen LogP contribution in [0.2, 0.25) is 0 Å². The zero-order valence-electron chi connectivity index (χ0n) is 17.7. The smallest absolute Gasteiger partial charge is 0.251 e. The lowest BCUT2D eigenvalue weighted by Gasteiger charge is -2.31. The Balaban J connectivity index is 1.12. The van der Waals surface area contributed by atoms with E-state index in [0.29, 0.717) is 13.0 Å². The maximum absolute atomic E-state index is 13.0. The third-order valence-corrected chi connectivity index (χ3v) is 6.00. The first-order valence-corrected chi connectivity index (χ1v) is 10.9. The van der Waals surface area contributed by atoms with E-state index in [1.54, 1.807) is 6.20 Å². The normalized spacial score (nSPS) is 21.1. The maximum atomic E-state index is 13.0. The number of hydrogen-bond acceptors (Lipinski definition) is 6. The number of hydrogen-bond donors (Lipinski definition) is 2. The Bertz CT molecular complexity index is 1030. The van der Waals surface area contributed by atoms with Crippen LogP contribution in [0.3, 0.4) is 0 Å². The summed E-state index contributed by atoms with van der Waals surface area (Å²) in [6, 6.07) is 15.6. The van der Waals surface area contributed by atoms with Crippen LogP contribution in [0.25, 0.3) is 0 Å². The van der Waals surface area contributed by atoms with Crippen molar-refractivity contribution in [3.63, 3.8) is 0 Å². The second kappa shape index (κ2) is 8.92. The van der Waals surface area contributed by atoms with Crippen molar-refractivity contribution in [2.75, 3.05) is 19.9 Å². The molecule has 2 aromatic rings. The van der Waals surface area contributed by atoms with Gasteiger partial charge in [0.2, 0.25) is 12.7 Å². The van der Waals surface area contributed by atoms with Gasteiger partial charge in [0.25, 0.3) is 5.91 Å². The molecule has 3 aliphatic rings. The van der Waals surface area contributed by atoms with Crippen LogP contribution < -0.4 is 20.2 Å². The van der Waals surface area contributed by atoms with Crippen molar-refractivity contribution in [2.24, 2.45) is 0 Å². The van der Waals surface area contributed by atoms with Gasteiger partial charge in [-0.15, -0.1) is 0 Å². The molecule has 0 aliphatic carbocycles. The number of benzene rings is 2. The zero-order valence-corrected chi connectivity index (χ0v) is 17.7. The van der Waals surface area contributed by atoms with E-state index in [-0.39, 0.29) is 37.2 Å². The van der Waals surface area contributed by atoms with Gasteiger partial charge in [-0.1, -0.05) is 36.4 Å². The molecule has 1 fully saturated rings. The number of ether oxygens (including phenoxy) is 2. The van der Waals surface area contributed by atoms with Crippen molar-refractivity contribution >= 4 is 11.8 Å². The number of aryl methyl sites for hydroxylation is 1. The minimum Gasteiger partial charge on any atom is -0.454 e. The summed E-state index contributed by atoms with van der Waals surface area (Å²) in [6.07, 6.45) is 5.86. The monoisotopic (exact) mass is 434 g/mol. The number of rotatable bonds is 7. The van der Waals surface area contributed by atoms with Crippen molar-refractivity contribution in [1.29, 1.82) is 0 Å². The fourth-order valence-electron chi connectivity index (χ4n) is 4.29. The first-order valence-electron chi connectivity index (χ1n) is 10.9. The average Bonchev–Trinajstić information content (AvgIpc) is 3.46. The van der Waals surface area contributed by atoms with Crippen LogP contribution in [0.1, 0.15) is 30.0 Å². The number of fused-ring (bicyclic) bond motifs is 2. The molecular formula is C24H26N4O4. The average molecular weight is 434 g/mol. The molecule has 2 aromatic carbocycles. The highest BCUT2D eigenvalue weighted by atomic mass is 16.7. The molecule has 2 amide bonds. The number of nitrogens with zero attached hydrogens (tertiary/aromatic N) is 2. The van der Waals surface area contributed by atoms with Crippen molar-refractivity contribution in [3.8, 4) is 11.5 Å². The zero-order chi connectivity index (χ0) is 21.9. The van der Waals surface area contributed by atoms with Crippen molar-refractivity contribution in [3.05, 3.63) is 72.1 Å². The molecule has 8 nitrogen and oxygen atoms in total. The summed E-state index contributed by atoms with van der Waals surface area (Å²) in [5.41, 5.74) is 5.65. The molecule has 1 saturated heterocycles. The van der Waals surface area contributed by atoms with Crippen molar-refractivity contribution in [1.82, 2.24) is 20.7 Å². The van der Waals surface area contributed by atoms with Crippen molar-refractivity contribution in [2.45, 2.75) is 31.3 Å². The molecule has 3 heterocycles. The highest BCUT2D eigenvalue weighted by Gasteiger charge is 2.40. The molecule has 2 N–H and O–H groups in total. The lowest BCUT2D eigenvalue weighted by atomic mass is 10.0. The summed E-state index contributed by atoms with van der Waals surface area (Å²) in [5, 5.41) is 4.74. The van der Waals surface area contributed by atoms with E-state index in [1.807, 2.05) is 47.6 Å². The molecule has 0 aromatic heterocycles. The molecular weight excluding hydrogens is 408 g/mol. The minimum atomic E-state index is -0.346. The molecule has 2 unspecified atom stereocenters. The van der Waals surface area contributed by atoms with Gasteiger partial charge in [0, 0.05) is 18.9 Å². The van der Waals surface area contributed by atoms with Gasteiger partial charge in [0.15, 0.2) is 11.5 Å². The Morgan fingerprint density at radius 3 is 2.81 bits per heavy atom. The summed E-state index contributed by atoms with van der Waals surface area (Å²) < 4.78 is 10.8. The first-order chi connectivity index (χ1) is 15.7. The number of carbonyl (C=O) groups excluding carboxylic acids is 2. The summed E-state index contributed by atoms with van der Waals surface area (Å²) in [4.78, 5) is 26.8. The molecule has 32 heavy (non-hydrogen) atoms. The van der Waals surface area contributed by atoms with Crippen molar-refractivity contribution < 1.29 is 19.1 Å². The van der Waals surface area contributed by atoms with Gasteiger partial charge in [-0.25, -0.2) is 5.43 Å². The highest BCUT2D eigenvalue weighted by molar-refractivity contribution is 5.89. The Labute approximate surface area is 186 Å². The number of amides is 2. The minimum absolute atomic E-state index is 0.0186. The fourth-order valence-corrected chi connectivity index (χ4v) is 4.29. The van der Waals surface area contributed by atoms with Crippen LogP contribution >= 0.6 is 0 Å². The molecule has 8 heteroatoms. The Hall–Kier alpha value is -3.52. The predicted molar refractivity (Wildman–Crippen MR) is 117 cm³/mol. The van der Waals surface area contributed by atoms with Gasteiger partial charge in [-0.2, -0.15) is 0 Å². The van der Waals surface area contributed by atoms with Crippen LogP contribution in [-0.2, 0) is 16.0 Å². The van der Waals surface area contributed by atoms with Gasteiger partial charge in [0.05, 0.1) is 6.04 Å². The molecule has 0 bridgehead atoms. The van der Waals surface area contributed by atoms with E-state index in [4.69, 9.17) is 9.47 Å². The van der Waals surface area contributed by atoms with Crippen LogP contribution in [0.4, 0.5) is 0 Å². The van der Waals surface area contributed by atoms with E-state index in [0.717, 1.165) is 29.9 Å². The predicted octanol–water partition coefficient (Wildman–Crippen LogP) is 2.10. The van der Waals surface area contributed by atoms with E-state index in [2.05, 4.69) is 22.9 Å². The number of hydrazine groups is 1. The summed E-state index contributed by atoms with van der Waals surface area (Å²) >= 11 is 0. The second-order valence-electron chi connectivity index (χ2n) is 8.16. The van der Waals surface area contributed by atoms with Gasteiger partial charge < -0.3 is 24.7 Å². The Morgan fingerprint density at radius 2 is 1.94 bits per heavy atom. The van der Waals surface area contributed by atoms with Crippen LogP contribution in [0, 0.1) is 0 Å². The van der Waals surface area contributed by atoms with Crippen LogP contribution in [-0.4, -0.2) is 47.6 Å². The van der Waals surface area contributed by atoms with Gasteiger partial charge in [-0.3, -0.25) is 9.59 Å². The van der Waals surface area contributed by atoms with Crippen LogP contribution in [0.5, 0.6) is 11.5 Å².